The van der Waals surface area contributed by atoms with Crippen LogP contribution >= 0.6 is 11.3 Å². The van der Waals surface area contributed by atoms with Crippen molar-refractivity contribution in [3.8, 4) is 5.75 Å². The Hall–Kier alpha value is -2.59. The largest absolute Gasteiger partial charge is 0.488 e. The molecule has 0 radical (unpaired) electrons. The van der Waals surface area contributed by atoms with Crippen LogP contribution in [-0.4, -0.2) is 5.91 Å². The molecule has 0 fully saturated rings. The van der Waals surface area contributed by atoms with Gasteiger partial charge in [0.05, 0.1) is 4.88 Å². The predicted octanol–water partition coefficient (Wildman–Crippen LogP) is 6.12. The van der Waals surface area contributed by atoms with Crippen LogP contribution in [0.4, 0.5) is 5.69 Å². The van der Waals surface area contributed by atoms with Gasteiger partial charge in [0.15, 0.2) is 0 Å². The minimum Gasteiger partial charge on any atom is -0.488 e. The molecule has 0 aliphatic rings. The summed E-state index contributed by atoms with van der Waals surface area (Å²) in [6, 6.07) is 12.1. The van der Waals surface area contributed by atoms with Crippen LogP contribution in [-0.2, 0) is 6.61 Å². The monoisotopic (exact) mass is 379 g/mol. The molecule has 3 rings (SSSR count). The van der Waals surface area contributed by atoms with Gasteiger partial charge in [0, 0.05) is 11.3 Å². The lowest BCUT2D eigenvalue weighted by Gasteiger charge is -2.12. The molecule has 2 aromatic carbocycles. The van der Waals surface area contributed by atoms with Crippen LogP contribution < -0.4 is 10.1 Å². The van der Waals surface area contributed by atoms with Crippen molar-refractivity contribution >= 4 is 22.9 Å². The molecule has 1 aromatic heterocycles. The zero-order valence-electron chi connectivity index (χ0n) is 16.5. The van der Waals surface area contributed by atoms with E-state index in [1.165, 1.54) is 16.9 Å². The highest BCUT2D eigenvalue weighted by atomic mass is 32.1. The number of aryl methyl sites for hydroxylation is 4. The van der Waals surface area contributed by atoms with E-state index in [1.54, 1.807) is 0 Å². The van der Waals surface area contributed by atoms with Crippen LogP contribution in [0.1, 0.15) is 43.1 Å². The molecule has 0 saturated heterocycles. The molecule has 140 valence electrons. The fourth-order valence-corrected chi connectivity index (χ4v) is 3.98. The summed E-state index contributed by atoms with van der Waals surface area (Å²) < 4.78 is 6.03. The summed E-state index contributed by atoms with van der Waals surface area (Å²) in [7, 11) is 0. The average molecular weight is 380 g/mol. The maximum atomic E-state index is 12.6. The maximum absolute atomic E-state index is 12.6. The first-order valence-corrected chi connectivity index (χ1v) is 9.88. The molecule has 0 saturated carbocycles. The first-order chi connectivity index (χ1) is 12.8. The molecule has 0 unspecified atom stereocenters. The number of ether oxygens (including phenoxy) is 1. The fraction of sp³-hybridized carbons (Fsp3) is 0.261. The Bertz CT molecular complexity index is 965. The van der Waals surface area contributed by atoms with E-state index >= 15 is 0 Å². The summed E-state index contributed by atoms with van der Waals surface area (Å²) in [5.74, 6) is 0.843. The molecular formula is C23H25NO2S. The van der Waals surface area contributed by atoms with Gasteiger partial charge in [-0.1, -0.05) is 29.8 Å². The molecule has 4 heteroatoms. The van der Waals surface area contributed by atoms with Gasteiger partial charge in [0.2, 0.25) is 0 Å². The highest BCUT2D eigenvalue weighted by molar-refractivity contribution is 7.12. The Morgan fingerprint density at radius 1 is 1.00 bits per heavy atom. The van der Waals surface area contributed by atoms with Gasteiger partial charge in [0.25, 0.3) is 5.91 Å². The van der Waals surface area contributed by atoms with Crippen molar-refractivity contribution in [2.75, 3.05) is 5.32 Å². The van der Waals surface area contributed by atoms with E-state index in [1.807, 2.05) is 43.5 Å². The summed E-state index contributed by atoms with van der Waals surface area (Å²) in [6.07, 6.45) is 0. The van der Waals surface area contributed by atoms with Crippen LogP contribution in [0.15, 0.2) is 41.8 Å². The predicted molar refractivity (Wildman–Crippen MR) is 113 cm³/mol. The number of amides is 1. The SMILES string of the molecule is Cc1cc(C)c(OCc2csc(C(=O)Nc3cccc(C)c3C)c2)c(C)c1. The Balaban J connectivity index is 1.68. The summed E-state index contributed by atoms with van der Waals surface area (Å²) in [5.41, 5.74) is 7.63. The second-order valence-corrected chi connectivity index (χ2v) is 7.95. The third kappa shape index (κ3) is 4.40. The number of anilines is 1. The quantitative estimate of drug-likeness (QED) is 0.580. The number of carbonyl (C=O) groups excluding carboxylic acids is 1. The molecular weight excluding hydrogens is 354 g/mol. The van der Waals surface area contributed by atoms with Gasteiger partial charge >= 0.3 is 0 Å². The Morgan fingerprint density at radius 3 is 2.41 bits per heavy atom. The lowest BCUT2D eigenvalue weighted by molar-refractivity contribution is 0.103. The summed E-state index contributed by atoms with van der Waals surface area (Å²) >= 11 is 1.44. The Morgan fingerprint density at radius 2 is 1.70 bits per heavy atom. The van der Waals surface area contributed by atoms with Crippen LogP contribution in [0.5, 0.6) is 5.75 Å². The van der Waals surface area contributed by atoms with Gasteiger partial charge < -0.3 is 10.1 Å². The molecule has 3 nitrogen and oxygen atoms in total. The Kier molecular flexibility index (Phi) is 5.66. The minimum atomic E-state index is -0.0809. The van der Waals surface area contributed by atoms with Crippen molar-refractivity contribution in [1.29, 1.82) is 0 Å². The van der Waals surface area contributed by atoms with E-state index in [0.717, 1.165) is 39.3 Å². The van der Waals surface area contributed by atoms with Crippen LogP contribution in [0, 0.1) is 34.6 Å². The number of nitrogens with one attached hydrogen (secondary N) is 1. The fourth-order valence-electron chi connectivity index (χ4n) is 3.19. The normalized spacial score (nSPS) is 10.7. The molecule has 0 spiro atoms. The van der Waals surface area contributed by atoms with Crippen LogP contribution in [0.2, 0.25) is 0 Å². The average Bonchev–Trinajstić information content (AvgIpc) is 3.07. The third-order valence-corrected chi connectivity index (χ3v) is 5.70. The number of thiophene rings is 1. The molecule has 1 heterocycles. The molecule has 0 bridgehead atoms. The molecule has 1 amide bonds. The molecule has 27 heavy (non-hydrogen) atoms. The van der Waals surface area contributed by atoms with E-state index in [2.05, 4.69) is 38.2 Å². The van der Waals surface area contributed by atoms with Gasteiger partial charge in [-0.2, -0.15) is 0 Å². The van der Waals surface area contributed by atoms with Crippen molar-refractivity contribution in [3.05, 3.63) is 80.0 Å². The topological polar surface area (TPSA) is 38.3 Å². The summed E-state index contributed by atoms with van der Waals surface area (Å²) in [6.45, 7) is 10.7. The molecule has 0 atom stereocenters. The van der Waals surface area contributed by atoms with Crippen molar-refractivity contribution in [1.82, 2.24) is 0 Å². The van der Waals surface area contributed by atoms with Crippen LogP contribution in [0.25, 0.3) is 0 Å². The second kappa shape index (κ2) is 7.97. The van der Waals surface area contributed by atoms with Crippen LogP contribution in [0.3, 0.4) is 0 Å². The Labute approximate surface area is 165 Å². The standard InChI is InChI=1S/C23H25NO2S/c1-14-9-16(3)22(17(4)10-14)26-12-19-11-21(27-13-19)23(25)24-20-8-6-7-15(2)18(20)5/h6-11,13H,12H2,1-5H3,(H,24,25). The van der Waals surface area contributed by atoms with E-state index in [0.29, 0.717) is 11.5 Å². The van der Waals surface area contributed by atoms with E-state index in [-0.39, 0.29) is 5.91 Å². The highest BCUT2D eigenvalue weighted by Gasteiger charge is 2.12. The van der Waals surface area contributed by atoms with E-state index in [9.17, 15) is 4.79 Å². The van der Waals surface area contributed by atoms with E-state index < -0.39 is 0 Å². The van der Waals surface area contributed by atoms with Crippen molar-refractivity contribution < 1.29 is 9.53 Å². The molecule has 1 N–H and O–H groups in total. The van der Waals surface area contributed by atoms with Gasteiger partial charge in [0.1, 0.15) is 12.4 Å². The highest BCUT2D eigenvalue weighted by Crippen LogP contribution is 2.27. The molecule has 3 aromatic rings. The smallest absolute Gasteiger partial charge is 0.265 e. The number of carbonyl (C=O) groups is 1. The second-order valence-electron chi connectivity index (χ2n) is 7.04. The van der Waals surface area contributed by atoms with Gasteiger partial charge in [-0.05, 0) is 74.4 Å². The van der Waals surface area contributed by atoms with Crippen molar-refractivity contribution in [3.63, 3.8) is 0 Å². The van der Waals surface area contributed by atoms with E-state index in [4.69, 9.17) is 4.74 Å². The van der Waals surface area contributed by atoms with Gasteiger partial charge in [-0.15, -0.1) is 11.3 Å². The number of hydrogen-bond donors (Lipinski definition) is 1. The zero-order valence-corrected chi connectivity index (χ0v) is 17.3. The van der Waals surface area contributed by atoms with Crippen molar-refractivity contribution in [2.45, 2.75) is 41.2 Å². The number of benzene rings is 2. The minimum absolute atomic E-state index is 0.0809. The molecule has 0 aliphatic carbocycles. The van der Waals surface area contributed by atoms with Crippen molar-refractivity contribution in [2.24, 2.45) is 0 Å². The summed E-state index contributed by atoms with van der Waals surface area (Å²) in [4.78, 5) is 13.3. The van der Waals surface area contributed by atoms with Gasteiger partial charge in [-0.3, -0.25) is 4.79 Å². The lowest BCUT2D eigenvalue weighted by Crippen LogP contribution is -2.11. The number of hydrogen-bond acceptors (Lipinski definition) is 3. The maximum Gasteiger partial charge on any atom is 0.265 e. The molecule has 0 aliphatic heterocycles. The first-order valence-electron chi connectivity index (χ1n) is 9.01. The lowest BCUT2D eigenvalue weighted by atomic mass is 10.1. The summed E-state index contributed by atoms with van der Waals surface area (Å²) in [5, 5.41) is 4.99. The zero-order chi connectivity index (χ0) is 19.6. The first kappa shape index (κ1) is 19.2. The van der Waals surface area contributed by atoms with Gasteiger partial charge in [-0.25, -0.2) is 0 Å². The number of rotatable bonds is 5. The third-order valence-electron chi connectivity index (χ3n) is 4.72.